The van der Waals surface area contributed by atoms with Gasteiger partial charge in [-0.25, -0.2) is 4.79 Å². The van der Waals surface area contributed by atoms with Crippen molar-refractivity contribution in [2.75, 3.05) is 5.73 Å². The van der Waals surface area contributed by atoms with Crippen LogP contribution in [0.25, 0.3) is 10.8 Å². The molecule has 0 bridgehead atoms. The number of carboxylic acid groups (broad SMARTS) is 1. The Balaban J connectivity index is 2.04. The molecular weight excluding hydrogens is 680 g/mol. The molecule has 0 heterocycles. The highest BCUT2D eigenvalue weighted by molar-refractivity contribution is 7.86. The summed E-state index contributed by atoms with van der Waals surface area (Å²) in [6.45, 7) is 0. The normalized spacial score (nSPS) is 12.7. The number of fused-ring (bicyclic) bond motifs is 1. The zero-order valence-corrected chi connectivity index (χ0v) is 24.6. The molecule has 23 heteroatoms. The molecule has 4 aromatic rings. The van der Waals surface area contributed by atoms with Gasteiger partial charge < -0.3 is 15.9 Å². The third-order valence-corrected chi connectivity index (χ3v) is 8.55. The van der Waals surface area contributed by atoms with E-state index >= 15 is 0 Å². The minimum absolute atomic E-state index is 0.318. The summed E-state index contributed by atoms with van der Waals surface area (Å²) in [4.78, 5) is 18.7. The van der Waals surface area contributed by atoms with Crippen LogP contribution in [0.4, 0.5) is 34.1 Å². The van der Waals surface area contributed by atoms with E-state index in [-0.39, 0.29) is 5.69 Å². The zero-order chi connectivity index (χ0) is 34.4. The van der Waals surface area contributed by atoms with Gasteiger partial charge in [0.15, 0.2) is 11.4 Å². The molecule has 7 N–H and O–H groups in total. The Morgan fingerprint density at radius 1 is 0.761 bits per heavy atom. The standard InChI is InChI=1S/C23H16N6O14S3/c24-19-18-10(8-17(46(41,42)43)21(22(18)30)28-25-13-4-2-1-3-12(13)23(31)32)7-16(45(38,39)40)20(19)27-26-14-6-5-11(44(35,36)37)9-15(14)29(33)34/h1-9,30H,24H2,(H,31,32)(H,35,36,37)(H,38,39,40)(H,41,42,43). The first-order valence-electron chi connectivity index (χ1n) is 11.7. The van der Waals surface area contributed by atoms with Crippen LogP contribution in [0.1, 0.15) is 10.4 Å². The molecule has 4 rings (SSSR count). The van der Waals surface area contributed by atoms with Crippen LogP contribution in [0, 0.1) is 10.1 Å². The van der Waals surface area contributed by atoms with Gasteiger partial charge in [0.2, 0.25) is 0 Å². The third-order valence-electron chi connectivity index (χ3n) is 5.96. The number of rotatable bonds is 9. The molecule has 46 heavy (non-hydrogen) atoms. The highest BCUT2D eigenvalue weighted by atomic mass is 32.2. The first-order valence-corrected chi connectivity index (χ1v) is 16.0. The average molecular weight is 697 g/mol. The Morgan fingerprint density at radius 2 is 1.30 bits per heavy atom. The number of hydrogen-bond donors (Lipinski definition) is 6. The van der Waals surface area contributed by atoms with Crippen LogP contribution in [0.15, 0.2) is 89.7 Å². The van der Waals surface area contributed by atoms with Gasteiger partial charge in [-0.05, 0) is 41.8 Å². The van der Waals surface area contributed by atoms with Crippen LogP contribution in [-0.2, 0) is 30.4 Å². The summed E-state index contributed by atoms with van der Waals surface area (Å²) < 4.78 is 101. The van der Waals surface area contributed by atoms with Gasteiger partial charge in [0.1, 0.15) is 31.7 Å². The van der Waals surface area contributed by atoms with Crippen molar-refractivity contribution in [3.63, 3.8) is 0 Å². The summed E-state index contributed by atoms with van der Waals surface area (Å²) >= 11 is 0. The Hall–Kier alpha value is -5.46. The highest BCUT2D eigenvalue weighted by Gasteiger charge is 2.28. The maximum Gasteiger partial charge on any atom is 0.337 e. The average Bonchev–Trinajstić information content (AvgIpc) is 2.94. The van der Waals surface area contributed by atoms with Crippen LogP contribution >= 0.6 is 0 Å². The Morgan fingerprint density at radius 3 is 1.85 bits per heavy atom. The van der Waals surface area contributed by atoms with E-state index in [2.05, 4.69) is 20.5 Å². The molecule has 0 radical (unpaired) electrons. The molecule has 0 spiro atoms. The van der Waals surface area contributed by atoms with Crippen LogP contribution in [0.2, 0.25) is 0 Å². The van der Waals surface area contributed by atoms with Gasteiger partial charge in [-0.2, -0.15) is 25.3 Å². The maximum absolute atomic E-state index is 12.3. The molecule has 240 valence electrons. The lowest BCUT2D eigenvalue weighted by molar-refractivity contribution is -0.384. The number of nitrogens with two attached hydrogens (primary N) is 1. The number of phenolic OH excluding ortho intramolecular Hbond substituents is 1. The molecule has 0 aliphatic rings. The number of aromatic carboxylic acids is 1. The topological polar surface area (TPSA) is 339 Å². The summed E-state index contributed by atoms with van der Waals surface area (Å²) in [6, 6.07) is 7.99. The lowest BCUT2D eigenvalue weighted by Gasteiger charge is -2.14. The van der Waals surface area contributed by atoms with E-state index in [0.29, 0.717) is 24.3 Å². The van der Waals surface area contributed by atoms with Crippen molar-refractivity contribution in [3.05, 3.63) is 70.3 Å². The number of nitro groups is 1. The van der Waals surface area contributed by atoms with Crippen molar-refractivity contribution >= 4 is 81.2 Å². The number of phenols is 1. The molecule has 0 amide bonds. The van der Waals surface area contributed by atoms with Crippen molar-refractivity contribution in [1.29, 1.82) is 0 Å². The summed E-state index contributed by atoms with van der Waals surface area (Å²) in [6.07, 6.45) is 0. The summed E-state index contributed by atoms with van der Waals surface area (Å²) in [5.74, 6) is -2.61. The number of hydrogen-bond acceptors (Lipinski definition) is 15. The number of nitrogen functional groups attached to an aromatic ring is 1. The third kappa shape index (κ3) is 6.63. The quantitative estimate of drug-likeness (QED) is 0.0467. The van der Waals surface area contributed by atoms with E-state index in [1.54, 1.807) is 0 Å². The van der Waals surface area contributed by atoms with Gasteiger partial charge in [-0.3, -0.25) is 23.8 Å². The first kappa shape index (κ1) is 33.4. The molecule has 0 saturated heterocycles. The molecule has 0 aliphatic carbocycles. The zero-order valence-electron chi connectivity index (χ0n) is 22.1. The van der Waals surface area contributed by atoms with Gasteiger partial charge >= 0.3 is 5.97 Å². The van der Waals surface area contributed by atoms with Gasteiger partial charge in [0.05, 0.1) is 21.6 Å². The summed E-state index contributed by atoms with van der Waals surface area (Å²) in [5.41, 5.74) is 0.825. The monoisotopic (exact) mass is 696 g/mol. The van der Waals surface area contributed by atoms with E-state index in [9.17, 15) is 64.0 Å². The fourth-order valence-corrected chi connectivity index (χ4v) is 5.78. The number of azo groups is 2. The van der Waals surface area contributed by atoms with E-state index in [0.717, 1.165) is 12.1 Å². The molecule has 0 fully saturated rings. The fourth-order valence-electron chi connectivity index (χ4n) is 3.95. The van der Waals surface area contributed by atoms with Crippen molar-refractivity contribution in [3.8, 4) is 5.75 Å². The lowest BCUT2D eigenvalue weighted by Crippen LogP contribution is -2.04. The molecule has 0 saturated carbocycles. The Bertz CT molecular complexity index is 2380. The van der Waals surface area contributed by atoms with Crippen LogP contribution < -0.4 is 5.73 Å². The molecule has 0 aromatic heterocycles. The van der Waals surface area contributed by atoms with Crippen LogP contribution in [0.3, 0.4) is 0 Å². The van der Waals surface area contributed by atoms with Gasteiger partial charge in [0, 0.05) is 6.07 Å². The van der Waals surface area contributed by atoms with E-state index in [1.807, 2.05) is 0 Å². The smallest absolute Gasteiger partial charge is 0.337 e. The summed E-state index contributed by atoms with van der Waals surface area (Å²) in [5, 5.41) is 45.1. The van der Waals surface area contributed by atoms with Crippen molar-refractivity contribution in [2.45, 2.75) is 14.7 Å². The molecule has 0 atom stereocenters. The predicted octanol–water partition coefficient (Wildman–Crippen LogP) is 4.30. The minimum atomic E-state index is -5.31. The van der Waals surface area contributed by atoms with Gasteiger partial charge in [0.25, 0.3) is 36.0 Å². The lowest BCUT2D eigenvalue weighted by atomic mass is 10.1. The van der Waals surface area contributed by atoms with Gasteiger partial charge in [-0.15, -0.1) is 20.5 Å². The minimum Gasteiger partial charge on any atom is -0.505 e. The second kappa shape index (κ2) is 11.8. The van der Waals surface area contributed by atoms with E-state index in [1.165, 1.54) is 18.2 Å². The molecule has 4 aromatic carbocycles. The Labute approximate surface area is 256 Å². The highest BCUT2D eigenvalue weighted by Crippen LogP contribution is 2.48. The Kier molecular flexibility index (Phi) is 8.58. The number of nitro benzene ring substituents is 1. The maximum atomic E-state index is 12.3. The first-order chi connectivity index (χ1) is 21.2. The summed E-state index contributed by atoms with van der Waals surface area (Å²) in [7, 11) is -15.5. The number of carboxylic acids is 1. The second-order valence-corrected chi connectivity index (χ2v) is 13.1. The number of benzene rings is 4. The molecule has 0 unspecified atom stereocenters. The number of aromatic hydroxyl groups is 1. The van der Waals surface area contributed by atoms with Crippen molar-refractivity contribution < 1.29 is 58.8 Å². The fraction of sp³-hybridized carbons (Fsp3) is 0. The van der Waals surface area contributed by atoms with Crippen molar-refractivity contribution in [1.82, 2.24) is 0 Å². The molecular formula is C23H16N6O14S3. The SMILES string of the molecule is Nc1c(N=Nc2ccc(S(=O)(=O)O)cc2[N+](=O)[O-])c(S(=O)(=O)O)cc2cc(S(=O)(=O)O)c(N=Nc3ccccc3C(=O)O)c(O)c12. The van der Waals surface area contributed by atoms with E-state index < -0.39 is 106 Å². The number of carbonyl (C=O) groups is 1. The van der Waals surface area contributed by atoms with Crippen molar-refractivity contribution in [2.24, 2.45) is 20.5 Å². The van der Waals surface area contributed by atoms with Crippen LogP contribution in [0.5, 0.6) is 5.75 Å². The number of nitrogens with zero attached hydrogens (tertiary/aromatic N) is 5. The second-order valence-electron chi connectivity index (χ2n) is 8.86. The van der Waals surface area contributed by atoms with Gasteiger partial charge in [-0.1, -0.05) is 12.1 Å². The predicted molar refractivity (Wildman–Crippen MR) is 154 cm³/mol. The largest absolute Gasteiger partial charge is 0.505 e. The van der Waals surface area contributed by atoms with Crippen LogP contribution in [-0.4, -0.2) is 60.0 Å². The van der Waals surface area contributed by atoms with E-state index in [4.69, 9.17) is 5.73 Å². The molecule has 0 aliphatic heterocycles. The number of anilines is 1. The molecule has 20 nitrogen and oxygen atoms in total.